The summed E-state index contributed by atoms with van der Waals surface area (Å²) in [6.07, 6.45) is 1.19. The second-order valence-electron chi connectivity index (χ2n) is 5.45. The number of thiazole rings is 1. The predicted molar refractivity (Wildman–Crippen MR) is 102 cm³/mol. The molecule has 1 fully saturated rings. The molecule has 1 aliphatic heterocycles. The molecule has 1 aromatic heterocycles. The van der Waals surface area contributed by atoms with Crippen molar-refractivity contribution in [1.29, 1.82) is 0 Å². The fourth-order valence-electron chi connectivity index (χ4n) is 2.60. The molecule has 6 nitrogen and oxygen atoms in total. The number of rotatable bonds is 5. The van der Waals surface area contributed by atoms with Gasteiger partial charge in [0.1, 0.15) is 11.7 Å². The van der Waals surface area contributed by atoms with E-state index in [2.05, 4.69) is 10.3 Å². The number of hydrogen-bond acceptors (Lipinski definition) is 5. The second-order valence-corrected chi connectivity index (χ2v) is 6.83. The van der Waals surface area contributed by atoms with E-state index in [0.29, 0.717) is 36.6 Å². The summed E-state index contributed by atoms with van der Waals surface area (Å²) in [6, 6.07) is 6.57. The molecule has 0 bridgehead atoms. The lowest BCUT2D eigenvalue weighted by molar-refractivity contribution is -0.118. The number of hydrogen-bond donors (Lipinski definition) is 2. The molecule has 0 spiro atoms. The lowest BCUT2D eigenvalue weighted by Gasteiger charge is -2.17. The number of aromatic nitrogens is 1. The number of nitrogens with one attached hydrogen (secondary N) is 1. The SMILES string of the molecule is Cl.NCCc1nc(C(=O)NC2CCN(c3cccc(Cl)c3)C2=O)cs1. The standard InChI is InChI=1S/C16H17ClN4O2S.ClH/c17-10-2-1-3-11(8-10)21-7-5-12(16(21)23)20-15(22)13-9-24-14(19-13)4-6-18;/h1-3,8-9,12H,4-7,18H2,(H,20,22);1H. The third kappa shape index (κ3) is 4.49. The van der Waals surface area contributed by atoms with Crippen LogP contribution in [-0.2, 0) is 11.2 Å². The molecule has 3 N–H and O–H groups in total. The number of benzene rings is 1. The highest BCUT2D eigenvalue weighted by molar-refractivity contribution is 7.09. The van der Waals surface area contributed by atoms with Crippen molar-refractivity contribution >= 4 is 52.8 Å². The van der Waals surface area contributed by atoms with Crippen molar-refractivity contribution in [3.63, 3.8) is 0 Å². The van der Waals surface area contributed by atoms with Crippen molar-refractivity contribution in [1.82, 2.24) is 10.3 Å². The Morgan fingerprint density at radius 1 is 1.48 bits per heavy atom. The molecular formula is C16H18Cl2N4O2S. The van der Waals surface area contributed by atoms with Gasteiger partial charge in [0.2, 0.25) is 5.91 Å². The Labute approximate surface area is 160 Å². The van der Waals surface area contributed by atoms with Gasteiger partial charge in [-0.3, -0.25) is 9.59 Å². The van der Waals surface area contributed by atoms with Crippen LogP contribution in [0.25, 0.3) is 0 Å². The quantitative estimate of drug-likeness (QED) is 0.805. The van der Waals surface area contributed by atoms with Gasteiger partial charge in [-0.1, -0.05) is 17.7 Å². The van der Waals surface area contributed by atoms with Crippen LogP contribution in [0.15, 0.2) is 29.6 Å². The number of carbonyl (C=O) groups is 2. The minimum atomic E-state index is -0.545. The van der Waals surface area contributed by atoms with E-state index in [-0.39, 0.29) is 24.2 Å². The molecule has 2 amide bonds. The first kappa shape index (κ1) is 19.7. The van der Waals surface area contributed by atoms with E-state index in [4.69, 9.17) is 17.3 Å². The van der Waals surface area contributed by atoms with Crippen LogP contribution < -0.4 is 16.0 Å². The number of nitrogens with two attached hydrogens (primary N) is 1. The zero-order chi connectivity index (χ0) is 17.1. The molecule has 0 saturated carbocycles. The van der Waals surface area contributed by atoms with E-state index >= 15 is 0 Å². The van der Waals surface area contributed by atoms with Crippen LogP contribution in [0.3, 0.4) is 0 Å². The lowest BCUT2D eigenvalue weighted by atomic mass is 10.2. The highest BCUT2D eigenvalue weighted by Crippen LogP contribution is 2.24. The van der Waals surface area contributed by atoms with Gasteiger partial charge in [0.25, 0.3) is 5.91 Å². The van der Waals surface area contributed by atoms with Crippen molar-refractivity contribution in [2.45, 2.75) is 18.9 Å². The van der Waals surface area contributed by atoms with Crippen LogP contribution in [0, 0.1) is 0 Å². The highest BCUT2D eigenvalue weighted by atomic mass is 35.5. The molecule has 1 aromatic carbocycles. The number of carbonyl (C=O) groups excluding carboxylic acids is 2. The average Bonchev–Trinajstić information content (AvgIpc) is 3.16. The fourth-order valence-corrected chi connectivity index (χ4v) is 3.58. The minimum Gasteiger partial charge on any atom is -0.339 e. The molecule has 2 heterocycles. The van der Waals surface area contributed by atoms with Gasteiger partial charge in [0.15, 0.2) is 0 Å². The molecule has 2 aromatic rings. The molecule has 1 saturated heterocycles. The van der Waals surface area contributed by atoms with Gasteiger partial charge in [-0.15, -0.1) is 23.7 Å². The van der Waals surface area contributed by atoms with Gasteiger partial charge < -0.3 is 16.0 Å². The maximum Gasteiger partial charge on any atom is 0.271 e. The minimum absolute atomic E-state index is 0. The Kier molecular flexibility index (Phi) is 6.78. The van der Waals surface area contributed by atoms with Crippen molar-refractivity contribution in [2.24, 2.45) is 5.73 Å². The molecule has 0 radical (unpaired) electrons. The molecule has 3 rings (SSSR count). The second kappa shape index (κ2) is 8.62. The largest absolute Gasteiger partial charge is 0.339 e. The summed E-state index contributed by atoms with van der Waals surface area (Å²) in [7, 11) is 0. The normalized spacial score (nSPS) is 16.6. The topological polar surface area (TPSA) is 88.3 Å². The average molecular weight is 401 g/mol. The summed E-state index contributed by atoms with van der Waals surface area (Å²) in [5, 5.41) is 5.85. The zero-order valence-corrected chi connectivity index (χ0v) is 15.7. The summed E-state index contributed by atoms with van der Waals surface area (Å²) >= 11 is 7.37. The molecule has 9 heteroatoms. The van der Waals surface area contributed by atoms with Crippen LogP contribution in [0.4, 0.5) is 5.69 Å². The predicted octanol–water partition coefficient (Wildman–Crippen LogP) is 2.25. The maximum atomic E-state index is 12.5. The van der Waals surface area contributed by atoms with E-state index < -0.39 is 6.04 Å². The Morgan fingerprint density at radius 3 is 3.00 bits per heavy atom. The van der Waals surface area contributed by atoms with Crippen LogP contribution in [0.1, 0.15) is 21.9 Å². The van der Waals surface area contributed by atoms with Crippen LogP contribution in [0.5, 0.6) is 0 Å². The third-order valence-electron chi connectivity index (χ3n) is 3.77. The van der Waals surface area contributed by atoms with Gasteiger partial charge >= 0.3 is 0 Å². The fraction of sp³-hybridized carbons (Fsp3) is 0.312. The molecule has 1 unspecified atom stereocenters. The molecule has 1 atom stereocenters. The van der Waals surface area contributed by atoms with Crippen molar-refractivity contribution in [2.75, 3.05) is 18.0 Å². The number of nitrogens with zero attached hydrogens (tertiary/aromatic N) is 2. The van der Waals surface area contributed by atoms with Gasteiger partial charge in [-0.05, 0) is 31.2 Å². The summed E-state index contributed by atoms with van der Waals surface area (Å²) < 4.78 is 0. The van der Waals surface area contributed by atoms with Crippen molar-refractivity contribution in [3.05, 3.63) is 45.4 Å². The number of anilines is 1. The van der Waals surface area contributed by atoms with E-state index in [1.54, 1.807) is 28.5 Å². The summed E-state index contributed by atoms with van der Waals surface area (Å²) in [5.74, 6) is -0.469. The van der Waals surface area contributed by atoms with E-state index in [1.165, 1.54) is 11.3 Å². The first-order chi connectivity index (χ1) is 11.6. The van der Waals surface area contributed by atoms with Gasteiger partial charge in [0, 0.05) is 29.1 Å². The van der Waals surface area contributed by atoms with Gasteiger partial charge in [-0.2, -0.15) is 0 Å². The Balaban J connectivity index is 0.00000225. The summed E-state index contributed by atoms with van der Waals surface area (Å²) in [6.45, 7) is 1.03. The monoisotopic (exact) mass is 400 g/mol. The van der Waals surface area contributed by atoms with Crippen molar-refractivity contribution in [3.8, 4) is 0 Å². The lowest BCUT2D eigenvalue weighted by Crippen LogP contribution is -2.41. The highest BCUT2D eigenvalue weighted by Gasteiger charge is 2.34. The summed E-state index contributed by atoms with van der Waals surface area (Å²) in [5.41, 5.74) is 6.55. The van der Waals surface area contributed by atoms with E-state index in [0.717, 1.165) is 10.7 Å². The number of halogens is 2. The van der Waals surface area contributed by atoms with Gasteiger partial charge in [0.05, 0.1) is 5.01 Å². The van der Waals surface area contributed by atoms with Crippen LogP contribution in [0.2, 0.25) is 5.02 Å². The first-order valence-corrected chi connectivity index (χ1v) is 8.86. The van der Waals surface area contributed by atoms with Crippen LogP contribution in [-0.4, -0.2) is 35.9 Å². The third-order valence-corrected chi connectivity index (χ3v) is 4.92. The summed E-state index contributed by atoms with van der Waals surface area (Å²) in [4.78, 5) is 30.7. The smallest absolute Gasteiger partial charge is 0.271 e. The zero-order valence-electron chi connectivity index (χ0n) is 13.3. The Bertz CT molecular complexity index is 768. The van der Waals surface area contributed by atoms with Gasteiger partial charge in [-0.25, -0.2) is 4.98 Å². The molecule has 0 aliphatic carbocycles. The Hall–Kier alpha value is -1.67. The molecular weight excluding hydrogens is 383 g/mol. The Morgan fingerprint density at radius 2 is 2.28 bits per heavy atom. The van der Waals surface area contributed by atoms with Crippen molar-refractivity contribution < 1.29 is 9.59 Å². The molecule has 134 valence electrons. The van der Waals surface area contributed by atoms with Crippen LogP contribution >= 0.6 is 35.3 Å². The number of amides is 2. The molecule has 1 aliphatic rings. The maximum absolute atomic E-state index is 12.5. The van der Waals surface area contributed by atoms with E-state index in [1.807, 2.05) is 6.07 Å². The van der Waals surface area contributed by atoms with E-state index in [9.17, 15) is 9.59 Å². The first-order valence-electron chi connectivity index (χ1n) is 7.61. The molecule has 25 heavy (non-hydrogen) atoms.